The SMILES string of the molecule is COCCN(CCC(=O)OC)c1ncnc2c1CCCC2. The third kappa shape index (κ3) is 4.14. The number of methoxy groups -OCH3 is 2. The number of nitrogens with zero attached hydrogens (tertiary/aromatic N) is 3. The fourth-order valence-electron chi connectivity index (χ4n) is 2.63. The van der Waals surface area contributed by atoms with Gasteiger partial charge in [-0.1, -0.05) is 0 Å². The van der Waals surface area contributed by atoms with E-state index in [9.17, 15) is 4.79 Å². The van der Waals surface area contributed by atoms with Crippen molar-refractivity contribution in [1.29, 1.82) is 0 Å². The van der Waals surface area contributed by atoms with Crippen molar-refractivity contribution < 1.29 is 14.3 Å². The first-order chi connectivity index (χ1) is 10.3. The van der Waals surface area contributed by atoms with Gasteiger partial charge in [0.05, 0.1) is 20.1 Å². The van der Waals surface area contributed by atoms with Gasteiger partial charge in [0.2, 0.25) is 0 Å². The molecule has 1 heterocycles. The maximum Gasteiger partial charge on any atom is 0.307 e. The Hall–Kier alpha value is -1.69. The van der Waals surface area contributed by atoms with E-state index in [1.807, 2.05) is 0 Å². The average molecular weight is 293 g/mol. The van der Waals surface area contributed by atoms with Gasteiger partial charge in [0.1, 0.15) is 12.1 Å². The molecule has 6 heteroatoms. The third-order valence-electron chi connectivity index (χ3n) is 3.78. The van der Waals surface area contributed by atoms with E-state index in [0.29, 0.717) is 26.1 Å². The quantitative estimate of drug-likeness (QED) is 0.708. The molecule has 1 aromatic rings. The van der Waals surface area contributed by atoms with Gasteiger partial charge in [0.15, 0.2) is 0 Å². The van der Waals surface area contributed by atoms with Gasteiger partial charge in [-0.15, -0.1) is 0 Å². The molecule has 1 aliphatic carbocycles. The molecule has 0 radical (unpaired) electrons. The highest BCUT2D eigenvalue weighted by molar-refractivity contribution is 5.70. The zero-order valence-electron chi connectivity index (χ0n) is 12.8. The minimum absolute atomic E-state index is 0.208. The lowest BCUT2D eigenvalue weighted by Crippen LogP contribution is -2.32. The van der Waals surface area contributed by atoms with E-state index in [2.05, 4.69) is 14.9 Å². The van der Waals surface area contributed by atoms with E-state index >= 15 is 0 Å². The number of carbonyl (C=O) groups excluding carboxylic acids is 1. The Morgan fingerprint density at radius 1 is 1.24 bits per heavy atom. The number of aromatic nitrogens is 2. The minimum Gasteiger partial charge on any atom is -0.469 e. The molecule has 0 unspecified atom stereocenters. The lowest BCUT2D eigenvalue weighted by Gasteiger charge is -2.27. The van der Waals surface area contributed by atoms with Crippen LogP contribution in [0.2, 0.25) is 0 Å². The zero-order chi connectivity index (χ0) is 15.1. The summed E-state index contributed by atoms with van der Waals surface area (Å²) in [6.45, 7) is 1.89. The van der Waals surface area contributed by atoms with Crippen LogP contribution in [0.15, 0.2) is 6.33 Å². The Balaban J connectivity index is 2.17. The molecule has 21 heavy (non-hydrogen) atoms. The van der Waals surface area contributed by atoms with Crippen LogP contribution in [0.5, 0.6) is 0 Å². The Kier molecular flexibility index (Phi) is 5.92. The van der Waals surface area contributed by atoms with Crippen molar-refractivity contribution in [2.45, 2.75) is 32.1 Å². The molecule has 0 saturated heterocycles. The van der Waals surface area contributed by atoms with Crippen molar-refractivity contribution >= 4 is 11.8 Å². The Morgan fingerprint density at radius 3 is 2.81 bits per heavy atom. The van der Waals surface area contributed by atoms with Gasteiger partial charge < -0.3 is 14.4 Å². The topological polar surface area (TPSA) is 64.5 Å². The van der Waals surface area contributed by atoms with E-state index in [0.717, 1.165) is 24.4 Å². The average Bonchev–Trinajstić information content (AvgIpc) is 2.54. The number of rotatable bonds is 7. The third-order valence-corrected chi connectivity index (χ3v) is 3.78. The number of ether oxygens (including phenoxy) is 2. The van der Waals surface area contributed by atoms with Crippen molar-refractivity contribution in [2.24, 2.45) is 0 Å². The van der Waals surface area contributed by atoms with Crippen LogP contribution >= 0.6 is 0 Å². The summed E-state index contributed by atoms with van der Waals surface area (Å²) < 4.78 is 9.89. The zero-order valence-corrected chi connectivity index (χ0v) is 12.8. The van der Waals surface area contributed by atoms with Gasteiger partial charge in [-0.25, -0.2) is 9.97 Å². The predicted molar refractivity (Wildman–Crippen MR) is 79.4 cm³/mol. The van der Waals surface area contributed by atoms with Crippen LogP contribution in [0, 0.1) is 0 Å². The van der Waals surface area contributed by atoms with Gasteiger partial charge >= 0.3 is 5.97 Å². The summed E-state index contributed by atoms with van der Waals surface area (Å²) in [6.07, 6.45) is 6.34. The van der Waals surface area contributed by atoms with Crippen molar-refractivity contribution in [1.82, 2.24) is 9.97 Å². The number of hydrogen-bond donors (Lipinski definition) is 0. The van der Waals surface area contributed by atoms with E-state index in [1.165, 1.54) is 25.5 Å². The molecule has 1 aromatic heterocycles. The molecule has 0 atom stereocenters. The summed E-state index contributed by atoms with van der Waals surface area (Å²) >= 11 is 0. The van der Waals surface area contributed by atoms with Crippen molar-refractivity contribution in [3.63, 3.8) is 0 Å². The lowest BCUT2D eigenvalue weighted by atomic mass is 9.96. The van der Waals surface area contributed by atoms with Crippen LogP contribution in [-0.2, 0) is 27.1 Å². The second kappa shape index (κ2) is 7.93. The first-order valence-electron chi connectivity index (χ1n) is 7.39. The summed E-state index contributed by atoms with van der Waals surface area (Å²) in [5.74, 6) is 0.737. The maximum absolute atomic E-state index is 11.4. The molecule has 1 aliphatic rings. The highest BCUT2D eigenvalue weighted by Crippen LogP contribution is 2.27. The molecular formula is C15H23N3O3. The number of fused-ring (bicyclic) bond motifs is 1. The maximum atomic E-state index is 11.4. The van der Waals surface area contributed by atoms with Crippen molar-refractivity contribution in [2.75, 3.05) is 38.8 Å². The van der Waals surface area contributed by atoms with Gasteiger partial charge in [0.25, 0.3) is 0 Å². The Morgan fingerprint density at radius 2 is 2.05 bits per heavy atom. The number of esters is 1. The molecule has 116 valence electrons. The highest BCUT2D eigenvalue weighted by atomic mass is 16.5. The molecule has 0 aromatic carbocycles. The van der Waals surface area contributed by atoms with Crippen LogP contribution in [-0.4, -0.2) is 49.9 Å². The van der Waals surface area contributed by atoms with Crippen molar-refractivity contribution in [3.8, 4) is 0 Å². The smallest absolute Gasteiger partial charge is 0.307 e. The lowest BCUT2D eigenvalue weighted by molar-refractivity contribution is -0.140. The molecule has 0 aliphatic heterocycles. The highest BCUT2D eigenvalue weighted by Gasteiger charge is 2.20. The van der Waals surface area contributed by atoms with Crippen LogP contribution in [0.4, 0.5) is 5.82 Å². The first-order valence-corrected chi connectivity index (χ1v) is 7.39. The van der Waals surface area contributed by atoms with Gasteiger partial charge in [-0.05, 0) is 25.7 Å². The number of carbonyl (C=O) groups is 1. The van der Waals surface area contributed by atoms with Crippen LogP contribution in [0.3, 0.4) is 0 Å². The normalized spacial score (nSPS) is 13.6. The second-order valence-corrected chi connectivity index (χ2v) is 5.14. The summed E-state index contributed by atoms with van der Waals surface area (Å²) in [5, 5.41) is 0. The predicted octanol–water partition coefficient (Wildman–Crippen LogP) is 1.37. The summed E-state index contributed by atoms with van der Waals surface area (Å²) in [4.78, 5) is 22.4. The summed E-state index contributed by atoms with van der Waals surface area (Å²) in [5.41, 5.74) is 2.37. The van der Waals surface area contributed by atoms with E-state index < -0.39 is 0 Å². The fourth-order valence-corrected chi connectivity index (χ4v) is 2.63. The second-order valence-electron chi connectivity index (χ2n) is 5.14. The van der Waals surface area contributed by atoms with Gasteiger partial charge in [-0.3, -0.25) is 4.79 Å². The molecule has 6 nitrogen and oxygen atoms in total. The molecule has 2 rings (SSSR count). The molecule has 0 N–H and O–H groups in total. The van der Waals surface area contributed by atoms with E-state index in [1.54, 1.807) is 13.4 Å². The van der Waals surface area contributed by atoms with Crippen LogP contribution in [0.25, 0.3) is 0 Å². The van der Waals surface area contributed by atoms with Gasteiger partial charge in [-0.2, -0.15) is 0 Å². The molecule has 0 saturated carbocycles. The Labute approximate surface area is 125 Å². The molecular weight excluding hydrogens is 270 g/mol. The number of aryl methyl sites for hydroxylation is 1. The van der Waals surface area contributed by atoms with Gasteiger partial charge in [0, 0.05) is 31.5 Å². The monoisotopic (exact) mass is 293 g/mol. The number of anilines is 1. The molecule has 0 bridgehead atoms. The van der Waals surface area contributed by atoms with Crippen molar-refractivity contribution in [3.05, 3.63) is 17.6 Å². The summed E-state index contributed by atoms with van der Waals surface area (Å²) in [6, 6.07) is 0. The van der Waals surface area contributed by atoms with E-state index in [-0.39, 0.29) is 5.97 Å². The van der Waals surface area contributed by atoms with Crippen LogP contribution in [0.1, 0.15) is 30.5 Å². The molecule has 0 fully saturated rings. The largest absolute Gasteiger partial charge is 0.469 e. The fraction of sp³-hybridized carbons (Fsp3) is 0.667. The molecule has 0 spiro atoms. The standard InChI is InChI=1S/C15H23N3O3/c1-20-10-9-18(8-7-14(19)21-2)15-12-5-3-4-6-13(12)16-11-17-15/h11H,3-10H2,1-2H3. The van der Waals surface area contributed by atoms with Crippen LogP contribution < -0.4 is 4.90 Å². The minimum atomic E-state index is -0.208. The first kappa shape index (κ1) is 15.7. The number of hydrogen-bond acceptors (Lipinski definition) is 6. The Bertz CT molecular complexity index is 479. The van der Waals surface area contributed by atoms with E-state index in [4.69, 9.17) is 9.47 Å². The molecule has 0 amide bonds. The summed E-state index contributed by atoms with van der Waals surface area (Å²) in [7, 11) is 3.09.